The van der Waals surface area contributed by atoms with Crippen LogP contribution in [0.25, 0.3) is 10.9 Å². The quantitative estimate of drug-likeness (QED) is 0.630. The van der Waals surface area contributed by atoms with Crippen LogP contribution in [-0.2, 0) is 7.05 Å². The van der Waals surface area contributed by atoms with Crippen molar-refractivity contribution in [3.8, 4) is 0 Å². The maximum absolute atomic E-state index is 11.3. The molecule has 0 atom stereocenters. The van der Waals surface area contributed by atoms with Crippen molar-refractivity contribution in [2.45, 2.75) is 4.90 Å². The van der Waals surface area contributed by atoms with Crippen molar-refractivity contribution in [1.29, 1.82) is 0 Å². The molecule has 2 rings (SSSR count). The topological polar surface area (TPSA) is 22.0 Å². The molecule has 13 heavy (non-hydrogen) atoms. The second-order valence-electron chi connectivity index (χ2n) is 2.97. The van der Waals surface area contributed by atoms with Gasteiger partial charge >= 0.3 is 0 Å². The summed E-state index contributed by atoms with van der Waals surface area (Å²) in [5.41, 5.74) is 0.949. The zero-order valence-corrected chi connectivity index (χ0v) is 8.08. The highest BCUT2D eigenvalue weighted by atomic mass is 32.1. The molecule has 66 valence electrons. The summed E-state index contributed by atoms with van der Waals surface area (Å²) in [6.45, 7) is 0. The summed E-state index contributed by atoms with van der Waals surface area (Å²) in [6.07, 6.45) is 0. The monoisotopic (exact) mass is 191 g/mol. The molecule has 0 N–H and O–H groups in total. The number of fused-ring (bicyclic) bond motifs is 1. The van der Waals surface area contributed by atoms with E-state index in [1.807, 2.05) is 24.3 Å². The van der Waals surface area contributed by atoms with Gasteiger partial charge in [-0.15, -0.1) is 12.6 Å². The van der Waals surface area contributed by atoms with Gasteiger partial charge in [-0.25, -0.2) is 0 Å². The Balaban J connectivity index is 2.95. The van der Waals surface area contributed by atoms with Gasteiger partial charge in [0.05, 0.1) is 5.52 Å². The maximum Gasteiger partial charge on any atom is 0.250 e. The van der Waals surface area contributed by atoms with Gasteiger partial charge in [-0.2, -0.15) is 0 Å². The van der Waals surface area contributed by atoms with Crippen LogP contribution in [0.5, 0.6) is 0 Å². The molecule has 0 aliphatic heterocycles. The molecule has 0 aliphatic rings. The Morgan fingerprint density at radius 1 is 1.23 bits per heavy atom. The fourth-order valence-electron chi connectivity index (χ4n) is 1.37. The molecular weight excluding hydrogens is 182 g/mol. The first-order valence-corrected chi connectivity index (χ1v) is 4.42. The average Bonchev–Trinajstić information content (AvgIpc) is 2.12. The fraction of sp³-hybridized carbons (Fsp3) is 0.100. The van der Waals surface area contributed by atoms with E-state index >= 15 is 0 Å². The van der Waals surface area contributed by atoms with E-state index in [2.05, 4.69) is 12.6 Å². The lowest BCUT2D eigenvalue weighted by Crippen LogP contribution is -2.14. The summed E-state index contributed by atoms with van der Waals surface area (Å²) in [4.78, 5) is 12.2. The lowest BCUT2D eigenvalue weighted by Gasteiger charge is -2.03. The van der Waals surface area contributed by atoms with Crippen LogP contribution < -0.4 is 5.56 Å². The van der Waals surface area contributed by atoms with Gasteiger partial charge in [-0.1, -0.05) is 0 Å². The van der Waals surface area contributed by atoms with Crippen LogP contribution in [0, 0.1) is 0 Å². The van der Waals surface area contributed by atoms with E-state index in [0.717, 1.165) is 15.8 Å². The molecule has 1 aromatic heterocycles. The van der Waals surface area contributed by atoms with Crippen molar-refractivity contribution < 1.29 is 0 Å². The van der Waals surface area contributed by atoms with Gasteiger partial charge in [0.25, 0.3) is 5.56 Å². The third kappa shape index (κ3) is 1.35. The Bertz CT molecular complexity index is 516. The summed E-state index contributed by atoms with van der Waals surface area (Å²) in [7, 11) is 1.77. The second-order valence-corrected chi connectivity index (χ2v) is 3.49. The fourth-order valence-corrected chi connectivity index (χ4v) is 1.59. The van der Waals surface area contributed by atoms with Gasteiger partial charge in [-0.3, -0.25) is 4.79 Å². The minimum Gasteiger partial charge on any atom is -0.311 e. The molecule has 0 aliphatic carbocycles. The Labute approximate surface area is 81.2 Å². The largest absolute Gasteiger partial charge is 0.311 e. The van der Waals surface area contributed by atoms with Gasteiger partial charge in [0.2, 0.25) is 0 Å². The molecule has 0 radical (unpaired) electrons. The van der Waals surface area contributed by atoms with E-state index in [9.17, 15) is 4.79 Å². The highest BCUT2D eigenvalue weighted by molar-refractivity contribution is 7.80. The SMILES string of the molecule is Cn1c(=O)ccc2cc(S)ccc21. The molecule has 0 saturated carbocycles. The molecular formula is C10H9NOS. The van der Waals surface area contributed by atoms with E-state index in [4.69, 9.17) is 0 Å². The van der Waals surface area contributed by atoms with Crippen LogP contribution in [0.2, 0.25) is 0 Å². The lowest BCUT2D eigenvalue weighted by molar-refractivity contribution is 0.905. The van der Waals surface area contributed by atoms with Crippen LogP contribution in [-0.4, -0.2) is 4.57 Å². The minimum atomic E-state index is 0.0133. The van der Waals surface area contributed by atoms with Crippen molar-refractivity contribution in [3.05, 3.63) is 40.7 Å². The number of thiol groups is 1. The Hall–Kier alpha value is -1.22. The standard InChI is InChI=1S/C10H9NOS/c1-11-9-4-3-8(13)6-7(9)2-5-10(11)12/h2-6,13H,1H3. The molecule has 3 heteroatoms. The van der Waals surface area contributed by atoms with E-state index in [0.29, 0.717) is 0 Å². The zero-order chi connectivity index (χ0) is 9.42. The number of benzene rings is 1. The average molecular weight is 191 g/mol. The number of aryl methyl sites for hydroxylation is 1. The third-order valence-corrected chi connectivity index (χ3v) is 2.39. The Kier molecular flexibility index (Phi) is 1.88. The van der Waals surface area contributed by atoms with Crippen LogP contribution in [0.15, 0.2) is 40.0 Å². The lowest BCUT2D eigenvalue weighted by atomic mass is 10.2. The highest BCUT2D eigenvalue weighted by Gasteiger charge is 1.98. The van der Waals surface area contributed by atoms with Crippen molar-refractivity contribution in [2.75, 3.05) is 0 Å². The molecule has 2 nitrogen and oxygen atoms in total. The molecule has 0 saturated heterocycles. The Morgan fingerprint density at radius 3 is 2.77 bits per heavy atom. The first-order valence-electron chi connectivity index (χ1n) is 3.97. The van der Waals surface area contributed by atoms with Crippen LogP contribution >= 0.6 is 12.6 Å². The van der Waals surface area contributed by atoms with Gasteiger partial charge in [0.15, 0.2) is 0 Å². The summed E-state index contributed by atoms with van der Waals surface area (Å²) >= 11 is 4.23. The molecule has 0 fully saturated rings. The number of aromatic nitrogens is 1. The summed E-state index contributed by atoms with van der Waals surface area (Å²) in [5.74, 6) is 0. The zero-order valence-electron chi connectivity index (χ0n) is 7.19. The van der Waals surface area contributed by atoms with E-state index in [1.54, 1.807) is 17.7 Å². The molecule has 1 aromatic carbocycles. The molecule has 0 unspecified atom stereocenters. The van der Waals surface area contributed by atoms with Gasteiger partial charge in [0, 0.05) is 18.0 Å². The minimum absolute atomic E-state index is 0.0133. The molecule has 1 heterocycles. The van der Waals surface area contributed by atoms with Crippen LogP contribution in [0.4, 0.5) is 0 Å². The maximum atomic E-state index is 11.3. The molecule has 0 bridgehead atoms. The summed E-state index contributed by atoms with van der Waals surface area (Å²) < 4.78 is 1.63. The van der Waals surface area contributed by atoms with Crippen LogP contribution in [0.1, 0.15) is 0 Å². The molecule has 2 aromatic rings. The van der Waals surface area contributed by atoms with Crippen molar-refractivity contribution in [2.24, 2.45) is 7.05 Å². The predicted octanol–water partition coefficient (Wildman–Crippen LogP) is 1.83. The van der Waals surface area contributed by atoms with Crippen molar-refractivity contribution >= 4 is 23.5 Å². The number of hydrogen-bond acceptors (Lipinski definition) is 2. The third-order valence-electron chi connectivity index (χ3n) is 2.11. The first-order chi connectivity index (χ1) is 6.18. The van der Waals surface area contributed by atoms with Crippen molar-refractivity contribution in [3.63, 3.8) is 0 Å². The number of pyridine rings is 1. The number of nitrogens with zero attached hydrogens (tertiary/aromatic N) is 1. The van der Waals surface area contributed by atoms with Gasteiger partial charge in [0.1, 0.15) is 0 Å². The summed E-state index contributed by atoms with van der Waals surface area (Å²) in [5, 5.41) is 1.04. The smallest absolute Gasteiger partial charge is 0.250 e. The molecule has 0 amide bonds. The number of rotatable bonds is 0. The molecule has 0 spiro atoms. The summed E-state index contributed by atoms with van der Waals surface area (Å²) in [6, 6.07) is 9.11. The highest BCUT2D eigenvalue weighted by Crippen LogP contribution is 2.15. The second kappa shape index (κ2) is 2.92. The van der Waals surface area contributed by atoms with E-state index in [1.165, 1.54) is 0 Å². The number of hydrogen-bond donors (Lipinski definition) is 1. The normalized spacial score (nSPS) is 10.6. The Morgan fingerprint density at radius 2 is 2.00 bits per heavy atom. The van der Waals surface area contributed by atoms with Crippen molar-refractivity contribution in [1.82, 2.24) is 4.57 Å². The van der Waals surface area contributed by atoms with E-state index < -0.39 is 0 Å². The van der Waals surface area contributed by atoms with Gasteiger partial charge in [-0.05, 0) is 29.7 Å². The predicted molar refractivity (Wildman–Crippen MR) is 56.4 cm³/mol. The van der Waals surface area contributed by atoms with Gasteiger partial charge < -0.3 is 4.57 Å². The van der Waals surface area contributed by atoms with E-state index in [-0.39, 0.29) is 5.56 Å². The van der Waals surface area contributed by atoms with Crippen LogP contribution in [0.3, 0.4) is 0 Å². The first kappa shape index (κ1) is 8.38.